The van der Waals surface area contributed by atoms with Gasteiger partial charge in [-0.25, -0.2) is 8.42 Å². The van der Waals surface area contributed by atoms with Gasteiger partial charge < -0.3 is 15.2 Å². The molecule has 0 saturated carbocycles. The molecule has 3 rings (SSSR count). The summed E-state index contributed by atoms with van der Waals surface area (Å²) in [6.07, 6.45) is 0. The fourth-order valence-corrected chi connectivity index (χ4v) is 4.05. The highest BCUT2D eigenvalue weighted by atomic mass is 35.5. The summed E-state index contributed by atoms with van der Waals surface area (Å²) in [5.74, 6) is -2.20. The number of hydrogen-bond donors (Lipinski definition) is 1. The number of hydrogen-bond acceptors (Lipinski definition) is 5. The third-order valence-electron chi connectivity index (χ3n) is 3.94. The van der Waals surface area contributed by atoms with Crippen molar-refractivity contribution in [2.45, 2.75) is 9.79 Å². The Bertz CT molecular complexity index is 1160. The molecule has 28 heavy (non-hydrogen) atoms. The number of carbonyl (C=O) groups is 2. The predicted octanol–water partition coefficient (Wildman–Crippen LogP) is 2.79. The van der Waals surface area contributed by atoms with E-state index in [1.165, 1.54) is 42.5 Å². The van der Waals surface area contributed by atoms with Crippen molar-refractivity contribution in [3.8, 4) is 0 Å². The maximum absolute atomic E-state index is 12.8. The van der Waals surface area contributed by atoms with Gasteiger partial charge in [-0.15, -0.1) is 0 Å². The Morgan fingerprint density at radius 1 is 0.821 bits per heavy atom. The van der Waals surface area contributed by atoms with Gasteiger partial charge in [-0.05, 0) is 36.4 Å². The van der Waals surface area contributed by atoms with Gasteiger partial charge in [0.25, 0.3) is 5.91 Å². The van der Waals surface area contributed by atoms with Crippen LogP contribution in [0.3, 0.4) is 0 Å². The molecule has 0 heterocycles. The van der Waals surface area contributed by atoms with E-state index in [-0.39, 0.29) is 31.6 Å². The second-order valence-electron chi connectivity index (χ2n) is 5.75. The molecule has 1 amide bonds. The van der Waals surface area contributed by atoms with Gasteiger partial charge in [-0.1, -0.05) is 48.0 Å². The van der Waals surface area contributed by atoms with Crippen molar-refractivity contribution in [3.63, 3.8) is 0 Å². The summed E-state index contributed by atoms with van der Waals surface area (Å²) in [7, 11) is -3.85. The quantitative estimate of drug-likeness (QED) is 0.691. The summed E-state index contributed by atoms with van der Waals surface area (Å²) in [6, 6.07) is 17.2. The number of amides is 1. The molecule has 0 aliphatic heterocycles. The second-order valence-corrected chi connectivity index (χ2v) is 8.10. The first kappa shape index (κ1) is 19.6. The Labute approximate surface area is 166 Å². The van der Waals surface area contributed by atoms with Crippen molar-refractivity contribution in [1.29, 1.82) is 0 Å². The van der Waals surface area contributed by atoms with Crippen molar-refractivity contribution < 1.29 is 23.1 Å². The minimum absolute atomic E-state index is 0.0138. The Morgan fingerprint density at radius 2 is 1.46 bits per heavy atom. The van der Waals surface area contributed by atoms with Crippen molar-refractivity contribution in [2.75, 3.05) is 5.32 Å². The largest absolute Gasteiger partial charge is 0.545 e. The van der Waals surface area contributed by atoms with Crippen LogP contribution < -0.4 is 10.4 Å². The fraction of sp³-hybridized carbons (Fsp3) is 0. The van der Waals surface area contributed by atoms with Gasteiger partial charge in [0.1, 0.15) is 0 Å². The maximum Gasteiger partial charge on any atom is 0.257 e. The number of nitrogens with one attached hydrogen (secondary N) is 1. The van der Waals surface area contributed by atoms with Gasteiger partial charge >= 0.3 is 0 Å². The van der Waals surface area contributed by atoms with Crippen LogP contribution >= 0.6 is 11.6 Å². The third-order valence-corrected chi connectivity index (χ3v) is 6.04. The monoisotopic (exact) mass is 414 g/mol. The molecule has 0 saturated heterocycles. The molecule has 0 bridgehead atoms. The minimum Gasteiger partial charge on any atom is -0.545 e. The van der Waals surface area contributed by atoms with Crippen LogP contribution in [0, 0.1) is 0 Å². The van der Waals surface area contributed by atoms with Crippen LogP contribution in [-0.2, 0) is 9.84 Å². The number of rotatable bonds is 5. The average Bonchev–Trinajstić information content (AvgIpc) is 2.69. The molecule has 0 atom stereocenters. The average molecular weight is 415 g/mol. The first-order valence-corrected chi connectivity index (χ1v) is 9.88. The number of benzene rings is 3. The molecule has 1 N–H and O–H groups in total. The number of aromatic carboxylic acids is 1. The van der Waals surface area contributed by atoms with E-state index in [9.17, 15) is 23.1 Å². The number of halogens is 1. The van der Waals surface area contributed by atoms with Crippen molar-refractivity contribution in [1.82, 2.24) is 0 Å². The normalized spacial score (nSPS) is 11.0. The zero-order valence-corrected chi connectivity index (χ0v) is 15.8. The Morgan fingerprint density at radius 3 is 2.14 bits per heavy atom. The van der Waals surface area contributed by atoms with Crippen molar-refractivity contribution in [2.24, 2.45) is 0 Å². The van der Waals surface area contributed by atoms with E-state index in [1.807, 2.05) is 0 Å². The lowest BCUT2D eigenvalue weighted by molar-refractivity contribution is -0.254. The van der Waals surface area contributed by atoms with Crippen LogP contribution in [0.2, 0.25) is 5.02 Å². The number of para-hydroxylation sites is 1. The van der Waals surface area contributed by atoms with Crippen LogP contribution in [0.4, 0.5) is 5.69 Å². The molecule has 0 aliphatic carbocycles. The molecule has 142 valence electrons. The lowest BCUT2D eigenvalue weighted by Gasteiger charge is -2.13. The van der Waals surface area contributed by atoms with Crippen LogP contribution in [0.15, 0.2) is 82.6 Å². The molecule has 3 aromatic rings. The van der Waals surface area contributed by atoms with E-state index < -0.39 is 21.7 Å². The molecule has 0 aliphatic rings. The van der Waals surface area contributed by atoms with E-state index >= 15 is 0 Å². The molecule has 0 radical (unpaired) electrons. The lowest BCUT2D eigenvalue weighted by atomic mass is 10.1. The molecular formula is C20H13ClNO5S-. The van der Waals surface area contributed by atoms with Crippen molar-refractivity contribution >= 4 is 39.0 Å². The highest BCUT2D eigenvalue weighted by molar-refractivity contribution is 7.91. The second kappa shape index (κ2) is 7.84. The van der Waals surface area contributed by atoms with Crippen LogP contribution in [-0.4, -0.2) is 20.3 Å². The first-order chi connectivity index (χ1) is 13.3. The molecule has 8 heteroatoms. The van der Waals surface area contributed by atoms with E-state index in [4.69, 9.17) is 11.6 Å². The summed E-state index contributed by atoms with van der Waals surface area (Å²) in [5.41, 5.74) is -0.299. The fourth-order valence-electron chi connectivity index (χ4n) is 2.54. The highest BCUT2D eigenvalue weighted by Crippen LogP contribution is 2.26. The van der Waals surface area contributed by atoms with Crippen molar-refractivity contribution in [3.05, 3.63) is 88.9 Å². The smallest absolute Gasteiger partial charge is 0.257 e. The number of carboxylic acids is 1. The number of sulfone groups is 1. The van der Waals surface area contributed by atoms with Gasteiger partial charge in [0.2, 0.25) is 9.84 Å². The van der Waals surface area contributed by atoms with E-state index in [2.05, 4.69) is 5.32 Å². The molecular weight excluding hydrogens is 402 g/mol. The van der Waals surface area contributed by atoms with Gasteiger partial charge in [0.15, 0.2) is 0 Å². The molecule has 6 nitrogen and oxygen atoms in total. The SMILES string of the molecule is O=C(Nc1ccccc1C(=O)[O-])c1cc(S(=O)(=O)c2ccccc2)ccc1Cl. The maximum atomic E-state index is 12.8. The summed E-state index contributed by atoms with van der Waals surface area (Å²) in [5, 5.41) is 13.6. The molecule has 0 unspecified atom stereocenters. The van der Waals surface area contributed by atoms with E-state index in [1.54, 1.807) is 24.3 Å². The molecule has 0 spiro atoms. The summed E-state index contributed by atoms with van der Waals surface area (Å²) in [4.78, 5) is 23.8. The zero-order valence-electron chi connectivity index (χ0n) is 14.3. The van der Waals surface area contributed by atoms with Gasteiger partial charge in [0, 0.05) is 5.56 Å². The number of anilines is 1. The highest BCUT2D eigenvalue weighted by Gasteiger charge is 2.21. The number of carboxylic acid groups (broad SMARTS) is 1. The van der Waals surface area contributed by atoms with Crippen LogP contribution in [0.5, 0.6) is 0 Å². The summed E-state index contributed by atoms with van der Waals surface area (Å²) >= 11 is 6.07. The van der Waals surface area contributed by atoms with Crippen LogP contribution in [0.1, 0.15) is 20.7 Å². The lowest BCUT2D eigenvalue weighted by Crippen LogP contribution is -2.25. The van der Waals surface area contributed by atoms with E-state index in [0.29, 0.717) is 0 Å². The summed E-state index contributed by atoms with van der Waals surface area (Å²) in [6.45, 7) is 0. The van der Waals surface area contributed by atoms with Crippen LogP contribution in [0.25, 0.3) is 0 Å². The number of carbonyl (C=O) groups excluding carboxylic acids is 2. The standard InChI is InChI=1S/C20H14ClNO5S/c21-17-11-10-14(28(26,27)13-6-2-1-3-7-13)12-16(17)19(23)22-18-9-5-4-8-15(18)20(24)25/h1-12H,(H,22,23)(H,24,25)/p-1. The van der Waals surface area contributed by atoms with Gasteiger partial charge in [-0.3, -0.25) is 4.79 Å². The molecule has 0 fully saturated rings. The zero-order chi connectivity index (χ0) is 20.3. The molecule has 0 aromatic heterocycles. The third kappa shape index (κ3) is 3.90. The topological polar surface area (TPSA) is 103 Å². The Kier molecular flexibility index (Phi) is 5.48. The first-order valence-electron chi connectivity index (χ1n) is 8.02. The van der Waals surface area contributed by atoms with Gasteiger partial charge in [0.05, 0.1) is 32.0 Å². The van der Waals surface area contributed by atoms with Gasteiger partial charge in [-0.2, -0.15) is 0 Å². The summed E-state index contributed by atoms with van der Waals surface area (Å²) < 4.78 is 25.5. The molecule has 3 aromatic carbocycles. The van der Waals surface area contributed by atoms with E-state index in [0.717, 1.165) is 6.07 Å². The Balaban J connectivity index is 1.99. The minimum atomic E-state index is -3.85. The predicted molar refractivity (Wildman–Crippen MR) is 102 cm³/mol. The Hall–Kier alpha value is -3.16.